The monoisotopic (exact) mass is 1030 g/mol. The molecule has 0 amide bonds. The Morgan fingerprint density at radius 3 is 0.838 bits per heavy atom. The molecule has 0 N–H and O–H groups in total. The van der Waals surface area contributed by atoms with Gasteiger partial charge in [-0.1, -0.05) is 293 Å². The van der Waals surface area contributed by atoms with E-state index in [4.69, 9.17) is 14.2 Å². The third kappa shape index (κ3) is 60.0. The molecule has 6 nitrogen and oxygen atoms in total. The van der Waals surface area contributed by atoms with Crippen LogP contribution >= 0.6 is 0 Å². The summed E-state index contributed by atoms with van der Waals surface area (Å²) in [5, 5.41) is 0. The van der Waals surface area contributed by atoms with Crippen molar-refractivity contribution in [2.75, 3.05) is 13.2 Å². The molecule has 1 atom stereocenters. The van der Waals surface area contributed by atoms with Gasteiger partial charge in [-0.25, -0.2) is 0 Å². The molecule has 0 heterocycles. The zero-order valence-electron chi connectivity index (χ0n) is 49.4. The van der Waals surface area contributed by atoms with Crippen LogP contribution in [0.3, 0.4) is 0 Å². The molecule has 0 saturated heterocycles. The number of unbranched alkanes of at least 4 members (excludes halogenated alkanes) is 38. The predicted molar refractivity (Wildman–Crippen MR) is 321 cm³/mol. The summed E-state index contributed by atoms with van der Waals surface area (Å²) in [4.78, 5) is 38.1. The Morgan fingerprint density at radius 1 is 0.284 bits per heavy atom. The average molecular weight is 1040 g/mol. The number of allylic oxidation sites excluding steroid dienone is 10. The molecule has 0 aromatic heterocycles. The highest BCUT2D eigenvalue weighted by atomic mass is 16.6. The van der Waals surface area contributed by atoms with Gasteiger partial charge in [-0.3, -0.25) is 14.4 Å². The highest BCUT2D eigenvalue weighted by Crippen LogP contribution is 2.17. The number of ether oxygens (including phenoxy) is 3. The van der Waals surface area contributed by atoms with Crippen molar-refractivity contribution in [1.82, 2.24) is 0 Å². The molecule has 0 rings (SSSR count). The summed E-state index contributed by atoms with van der Waals surface area (Å²) >= 11 is 0. The van der Waals surface area contributed by atoms with Gasteiger partial charge in [-0.2, -0.15) is 0 Å². The molecule has 0 aliphatic carbocycles. The van der Waals surface area contributed by atoms with Gasteiger partial charge in [0, 0.05) is 19.3 Å². The molecule has 0 bridgehead atoms. The Labute approximate surface area is 460 Å². The number of esters is 3. The molecule has 0 aromatic carbocycles. The van der Waals surface area contributed by atoms with Gasteiger partial charge in [0.25, 0.3) is 0 Å². The number of hydrogen-bond acceptors (Lipinski definition) is 6. The summed E-state index contributed by atoms with van der Waals surface area (Å²) in [5.74, 6) is -0.898. The largest absolute Gasteiger partial charge is 0.462 e. The van der Waals surface area contributed by atoms with E-state index in [1.54, 1.807) is 0 Å². The van der Waals surface area contributed by atoms with Crippen molar-refractivity contribution in [2.24, 2.45) is 0 Å². The molecule has 0 aliphatic heterocycles. The van der Waals surface area contributed by atoms with Gasteiger partial charge in [-0.05, 0) is 83.5 Å². The van der Waals surface area contributed by atoms with Gasteiger partial charge < -0.3 is 14.2 Å². The zero-order valence-corrected chi connectivity index (χ0v) is 49.4. The van der Waals surface area contributed by atoms with Crippen LogP contribution in [0.2, 0.25) is 0 Å². The lowest BCUT2D eigenvalue weighted by Crippen LogP contribution is -2.30. The highest BCUT2D eigenvalue weighted by molar-refractivity contribution is 5.71. The van der Waals surface area contributed by atoms with E-state index < -0.39 is 6.10 Å². The topological polar surface area (TPSA) is 78.9 Å². The van der Waals surface area contributed by atoms with Crippen LogP contribution in [0.15, 0.2) is 60.8 Å². The minimum absolute atomic E-state index is 0.0819. The van der Waals surface area contributed by atoms with Gasteiger partial charge in [0.05, 0.1) is 0 Å². The smallest absolute Gasteiger partial charge is 0.306 e. The van der Waals surface area contributed by atoms with E-state index in [0.717, 1.165) is 89.9 Å². The summed E-state index contributed by atoms with van der Waals surface area (Å²) in [7, 11) is 0. The molecule has 74 heavy (non-hydrogen) atoms. The van der Waals surface area contributed by atoms with Crippen molar-refractivity contribution >= 4 is 17.9 Å². The second kappa shape index (κ2) is 62.6. The normalized spacial score (nSPS) is 12.4. The van der Waals surface area contributed by atoms with E-state index in [-0.39, 0.29) is 31.1 Å². The van der Waals surface area contributed by atoms with Crippen molar-refractivity contribution in [2.45, 2.75) is 341 Å². The summed E-state index contributed by atoms with van der Waals surface area (Å²) in [6.07, 6.45) is 79.8. The summed E-state index contributed by atoms with van der Waals surface area (Å²) in [5.41, 5.74) is 0. The second-order valence-electron chi connectivity index (χ2n) is 21.6. The molecular formula is C68H122O6. The lowest BCUT2D eigenvalue weighted by atomic mass is 10.0. The molecule has 430 valence electrons. The fourth-order valence-corrected chi connectivity index (χ4v) is 9.43. The molecule has 0 radical (unpaired) electrons. The molecule has 6 heteroatoms. The van der Waals surface area contributed by atoms with Gasteiger partial charge in [0.1, 0.15) is 13.2 Å². The highest BCUT2D eigenvalue weighted by Gasteiger charge is 2.19. The van der Waals surface area contributed by atoms with Crippen molar-refractivity contribution < 1.29 is 28.6 Å². The van der Waals surface area contributed by atoms with Crippen molar-refractivity contribution in [3.05, 3.63) is 60.8 Å². The van der Waals surface area contributed by atoms with Gasteiger partial charge in [-0.15, -0.1) is 0 Å². The molecular weight excluding hydrogens is 913 g/mol. The minimum Gasteiger partial charge on any atom is -0.462 e. The number of carbonyl (C=O) groups excluding carboxylic acids is 3. The molecule has 1 unspecified atom stereocenters. The Bertz CT molecular complexity index is 1330. The molecule has 0 aliphatic rings. The Hall–Kier alpha value is -2.89. The fourth-order valence-electron chi connectivity index (χ4n) is 9.43. The Balaban J connectivity index is 4.03. The van der Waals surface area contributed by atoms with E-state index >= 15 is 0 Å². The van der Waals surface area contributed by atoms with Gasteiger partial charge in [0.2, 0.25) is 0 Å². The average Bonchev–Trinajstić information content (AvgIpc) is 3.40. The predicted octanol–water partition coefficient (Wildman–Crippen LogP) is 21.9. The first-order chi connectivity index (χ1) is 36.5. The standard InChI is InChI=1S/C68H122O6/c1-4-7-10-13-16-19-22-24-25-26-27-28-29-30-31-32-33-34-35-36-37-38-39-40-41-42-43-45-46-49-52-55-58-61-67(70)73-64-65(63-72-66(69)60-57-54-51-48-21-18-15-12-9-6-3)74-68(71)62-59-56-53-50-47-44-23-20-17-14-11-8-5-2/h8,11,17,20,22,24,26-27,44,47,65H,4-7,9-10,12-16,18-19,21,23,25,28-43,45-46,48-64H2,1-3H3/b11-8-,20-17-,24-22-,27-26-,47-44-. The van der Waals surface area contributed by atoms with Crippen molar-refractivity contribution in [3.63, 3.8) is 0 Å². The Morgan fingerprint density at radius 2 is 0.527 bits per heavy atom. The second-order valence-corrected chi connectivity index (χ2v) is 21.6. The molecule has 0 fully saturated rings. The third-order valence-corrected chi connectivity index (χ3v) is 14.3. The fraction of sp³-hybridized carbons (Fsp3) is 0.809. The number of hydrogen-bond donors (Lipinski definition) is 0. The SMILES string of the molecule is CC/C=C\C/C=C\C/C=C\CCCCCC(=O)OC(COC(=O)CCCCCCCCCCCC)COC(=O)CCCCCCCCCCCCCCCCCCCCCCC/C=C\C/C=C\CCCCCCC. The molecule has 0 spiro atoms. The minimum atomic E-state index is -0.785. The van der Waals surface area contributed by atoms with Crippen LogP contribution in [0.1, 0.15) is 335 Å². The lowest BCUT2D eigenvalue weighted by molar-refractivity contribution is -0.167. The maximum Gasteiger partial charge on any atom is 0.306 e. The van der Waals surface area contributed by atoms with Gasteiger partial charge >= 0.3 is 17.9 Å². The first-order valence-electron chi connectivity index (χ1n) is 32.3. The maximum absolute atomic E-state index is 12.8. The van der Waals surface area contributed by atoms with Crippen LogP contribution in [-0.2, 0) is 28.6 Å². The third-order valence-electron chi connectivity index (χ3n) is 14.3. The summed E-state index contributed by atoms with van der Waals surface area (Å²) < 4.78 is 16.8. The van der Waals surface area contributed by atoms with E-state index in [9.17, 15) is 14.4 Å². The molecule has 0 saturated carbocycles. The van der Waals surface area contributed by atoms with Crippen LogP contribution < -0.4 is 0 Å². The van der Waals surface area contributed by atoms with E-state index in [2.05, 4.69) is 81.5 Å². The summed E-state index contributed by atoms with van der Waals surface area (Å²) in [6.45, 7) is 6.51. The van der Waals surface area contributed by atoms with Crippen LogP contribution in [0, 0.1) is 0 Å². The molecule has 0 aromatic rings. The van der Waals surface area contributed by atoms with E-state index in [1.165, 1.54) is 205 Å². The first-order valence-corrected chi connectivity index (χ1v) is 32.3. The van der Waals surface area contributed by atoms with Crippen LogP contribution in [0.25, 0.3) is 0 Å². The summed E-state index contributed by atoms with van der Waals surface area (Å²) in [6, 6.07) is 0. The van der Waals surface area contributed by atoms with Crippen molar-refractivity contribution in [3.8, 4) is 0 Å². The van der Waals surface area contributed by atoms with Crippen LogP contribution in [-0.4, -0.2) is 37.2 Å². The quantitative estimate of drug-likeness (QED) is 0.0261. The van der Waals surface area contributed by atoms with Gasteiger partial charge in [0.15, 0.2) is 6.10 Å². The van der Waals surface area contributed by atoms with Crippen molar-refractivity contribution in [1.29, 1.82) is 0 Å². The van der Waals surface area contributed by atoms with Crippen LogP contribution in [0.5, 0.6) is 0 Å². The zero-order chi connectivity index (χ0) is 53.6. The van der Waals surface area contributed by atoms with E-state index in [1.807, 2.05) is 0 Å². The maximum atomic E-state index is 12.8. The first kappa shape index (κ1) is 71.1. The lowest BCUT2D eigenvalue weighted by Gasteiger charge is -2.18. The van der Waals surface area contributed by atoms with Crippen LogP contribution in [0.4, 0.5) is 0 Å². The number of carbonyl (C=O) groups is 3. The number of rotatable bonds is 59. The van der Waals surface area contributed by atoms with E-state index in [0.29, 0.717) is 19.3 Å². The Kier molecular flexibility index (Phi) is 60.2.